The number of aliphatic imine (C=N–C) groups is 2. The monoisotopic (exact) mass is 301 g/mol. The van der Waals surface area contributed by atoms with Crippen molar-refractivity contribution in [2.75, 3.05) is 33.4 Å². The molecule has 118 valence electrons. The Morgan fingerprint density at radius 3 is 2.73 bits per heavy atom. The van der Waals surface area contributed by atoms with Gasteiger partial charge in [0.25, 0.3) is 0 Å². The number of hydrogen-bond acceptors (Lipinski definition) is 4. The maximum atomic E-state index is 5.49. The second kappa shape index (κ2) is 5.72. The van der Waals surface area contributed by atoms with Gasteiger partial charge in [0, 0.05) is 25.2 Å². The number of rotatable bonds is 2. The molecule has 0 aromatic carbocycles. The lowest BCUT2D eigenvalue weighted by Crippen LogP contribution is -2.44. The largest absolute Gasteiger partial charge is 0.381 e. The number of quaternary nitrogens is 1. The second-order valence-corrected chi connectivity index (χ2v) is 6.89. The van der Waals surface area contributed by atoms with Crippen molar-refractivity contribution in [3.8, 4) is 0 Å². The number of allylic oxidation sites excluding steroid dienone is 2. The van der Waals surface area contributed by atoms with Crippen LogP contribution in [0.2, 0.25) is 0 Å². The zero-order chi connectivity index (χ0) is 15.0. The molecular weight excluding hydrogens is 276 g/mol. The summed E-state index contributed by atoms with van der Waals surface area (Å²) in [6.07, 6.45) is 12.8. The van der Waals surface area contributed by atoms with E-state index in [2.05, 4.69) is 23.1 Å². The number of likely N-dealkylation sites (tertiary alicyclic amines) is 1. The molecule has 0 aliphatic carbocycles. The molecule has 2 saturated heterocycles. The Hall–Kier alpha value is -1.30. The highest BCUT2D eigenvalue weighted by molar-refractivity contribution is 5.83. The number of hydrogen-bond donors (Lipinski definition) is 0. The molecule has 4 aliphatic heterocycles. The summed E-state index contributed by atoms with van der Waals surface area (Å²) in [5, 5.41) is 0. The van der Waals surface area contributed by atoms with Crippen LogP contribution in [0.15, 0.2) is 33.8 Å². The molecule has 1 atom stereocenters. The van der Waals surface area contributed by atoms with Crippen molar-refractivity contribution in [2.45, 2.75) is 31.7 Å². The average Bonchev–Trinajstić information content (AvgIpc) is 2.93. The van der Waals surface area contributed by atoms with E-state index in [4.69, 9.17) is 9.73 Å². The van der Waals surface area contributed by atoms with Gasteiger partial charge in [-0.2, -0.15) is 0 Å². The van der Waals surface area contributed by atoms with E-state index in [1.165, 1.54) is 50.2 Å². The van der Waals surface area contributed by atoms with Crippen LogP contribution in [-0.2, 0) is 4.74 Å². The molecule has 0 aromatic heterocycles. The topological polar surface area (TPSA) is 37.2 Å². The van der Waals surface area contributed by atoms with Crippen molar-refractivity contribution in [1.82, 2.24) is 4.90 Å². The normalized spacial score (nSPS) is 33.7. The highest BCUT2D eigenvalue weighted by Crippen LogP contribution is 2.35. The predicted molar refractivity (Wildman–Crippen MR) is 87.5 cm³/mol. The maximum Gasteiger partial charge on any atom is 0.200 e. The summed E-state index contributed by atoms with van der Waals surface area (Å²) in [6, 6.07) is 0.736. The highest BCUT2D eigenvalue weighted by Gasteiger charge is 2.38. The zero-order valence-corrected chi connectivity index (χ0v) is 13.3. The Balaban J connectivity index is 1.44. The number of piperidine rings is 1. The smallest absolute Gasteiger partial charge is 0.200 e. The highest BCUT2D eigenvalue weighted by atomic mass is 16.5. The van der Waals surface area contributed by atoms with Crippen LogP contribution in [0.3, 0.4) is 0 Å². The van der Waals surface area contributed by atoms with E-state index in [0.717, 1.165) is 19.3 Å². The van der Waals surface area contributed by atoms with Crippen LogP contribution in [0.5, 0.6) is 0 Å². The summed E-state index contributed by atoms with van der Waals surface area (Å²) in [5.74, 6) is 0.584. The van der Waals surface area contributed by atoms with Crippen molar-refractivity contribution >= 4 is 12.6 Å². The Morgan fingerprint density at radius 1 is 1.18 bits per heavy atom. The van der Waals surface area contributed by atoms with Crippen molar-refractivity contribution in [3.05, 3.63) is 23.8 Å². The third-order valence-corrected chi connectivity index (χ3v) is 5.50. The third kappa shape index (κ3) is 2.47. The van der Waals surface area contributed by atoms with Gasteiger partial charge in [-0.25, -0.2) is 9.48 Å². The van der Waals surface area contributed by atoms with E-state index in [-0.39, 0.29) is 0 Å². The quantitative estimate of drug-likeness (QED) is 0.733. The van der Waals surface area contributed by atoms with Crippen LogP contribution in [0.4, 0.5) is 0 Å². The lowest BCUT2D eigenvalue weighted by molar-refractivity contribution is -0.706. The maximum absolute atomic E-state index is 5.49. The van der Waals surface area contributed by atoms with Gasteiger partial charge in [-0.15, -0.1) is 0 Å². The molecule has 0 spiro atoms. The van der Waals surface area contributed by atoms with Gasteiger partial charge in [0.2, 0.25) is 0 Å². The minimum Gasteiger partial charge on any atom is -0.381 e. The summed E-state index contributed by atoms with van der Waals surface area (Å²) in [4.78, 5) is 11.7. The summed E-state index contributed by atoms with van der Waals surface area (Å²) in [7, 11) is 2.17. The van der Waals surface area contributed by atoms with Crippen molar-refractivity contribution in [1.29, 1.82) is 0 Å². The van der Waals surface area contributed by atoms with E-state index in [1.54, 1.807) is 0 Å². The molecular formula is C17H25N4O+. The first-order valence-electron chi connectivity index (χ1n) is 8.45. The summed E-state index contributed by atoms with van der Waals surface area (Å²) in [6.45, 7) is 4.25. The molecule has 0 aromatic rings. The molecule has 0 saturated carbocycles. The number of nitrogens with zero attached hydrogens (tertiary/aromatic N) is 4. The molecule has 0 radical (unpaired) electrons. The van der Waals surface area contributed by atoms with Crippen LogP contribution in [0.25, 0.3) is 0 Å². The molecule has 0 amide bonds. The molecule has 22 heavy (non-hydrogen) atoms. The fourth-order valence-corrected chi connectivity index (χ4v) is 4.06. The van der Waals surface area contributed by atoms with Gasteiger partial charge in [0.15, 0.2) is 12.0 Å². The molecule has 1 unspecified atom stereocenters. The first kappa shape index (κ1) is 14.3. The van der Waals surface area contributed by atoms with Gasteiger partial charge in [-0.1, -0.05) is 0 Å². The van der Waals surface area contributed by atoms with Gasteiger partial charge < -0.3 is 9.64 Å². The predicted octanol–water partition coefficient (Wildman–Crippen LogP) is 2.13. The molecule has 2 fully saturated rings. The average molecular weight is 301 g/mol. The molecule has 4 aliphatic rings. The van der Waals surface area contributed by atoms with Gasteiger partial charge in [-0.3, -0.25) is 4.99 Å². The standard InChI is InChI=1S/C17H25N4O/c1-21-9-6-18-12-16(21)17(19-13-21)14-2-7-20(8-3-14)15-4-10-22-11-5-15/h6,9,12-15H,2-5,7-8,10-11H2,1H3/q+1. The van der Waals surface area contributed by atoms with Crippen molar-refractivity contribution in [3.63, 3.8) is 0 Å². The Morgan fingerprint density at radius 2 is 1.95 bits per heavy atom. The van der Waals surface area contributed by atoms with Gasteiger partial charge in [-0.05, 0) is 38.8 Å². The zero-order valence-electron chi connectivity index (χ0n) is 13.3. The summed E-state index contributed by atoms with van der Waals surface area (Å²) < 4.78 is 6.17. The van der Waals surface area contributed by atoms with Crippen molar-refractivity contribution in [2.24, 2.45) is 15.9 Å². The van der Waals surface area contributed by atoms with Crippen LogP contribution >= 0.6 is 0 Å². The SMILES string of the molecule is C[N+]12C=CN=CC1=C(C1CCN(C3CCOCC3)CC1)N=C2. The van der Waals surface area contributed by atoms with E-state index in [1.807, 2.05) is 18.8 Å². The molecule has 5 nitrogen and oxygen atoms in total. The van der Waals surface area contributed by atoms with E-state index < -0.39 is 0 Å². The fourth-order valence-electron chi connectivity index (χ4n) is 4.06. The molecule has 4 rings (SSSR count). The molecule has 0 bridgehead atoms. The fraction of sp³-hybridized carbons (Fsp3) is 0.647. The minimum absolute atomic E-state index is 0.584. The van der Waals surface area contributed by atoms with Gasteiger partial charge >= 0.3 is 0 Å². The molecule has 4 heterocycles. The Labute approximate surface area is 132 Å². The van der Waals surface area contributed by atoms with E-state index in [0.29, 0.717) is 10.4 Å². The number of ether oxygens (including phenoxy) is 1. The first-order valence-corrected chi connectivity index (χ1v) is 8.45. The summed E-state index contributed by atoms with van der Waals surface area (Å²) >= 11 is 0. The van der Waals surface area contributed by atoms with Crippen LogP contribution in [0, 0.1) is 5.92 Å². The first-order chi connectivity index (χ1) is 10.8. The molecule has 5 heteroatoms. The minimum atomic E-state index is 0.584. The van der Waals surface area contributed by atoms with Gasteiger partial charge in [0.05, 0.1) is 19.5 Å². The lowest BCUT2D eigenvalue weighted by Gasteiger charge is -2.39. The number of fused-ring (bicyclic) bond motifs is 1. The Bertz CT molecular complexity index is 551. The second-order valence-electron chi connectivity index (χ2n) is 6.89. The van der Waals surface area contributed by atoms with Crippen molar-refractivity contribution < 1.29 is 9.22 Å². The van der Waals surface area contributed by atoms with Crippen LogP contribution < -0.4 is 0 Å². The van der Waals surface area contributed by atoms with E-state index in [9.17, 15) is 0 Å². The summed E-state index contributed by atoms with van der Waals surface area (Å²) in [5.41, 5.74) is 2.52. The molecule has 0 N–H and O–H groups in total. The van der Waals surface area contributed by atoms with E-state index >= 15 is 0 Å². The third-order valence-electron chi connectivity index (χ3n) is 5.50. The van der Waals surface area contributed by atoms with Gasteiger partial charge in [0.1, 0.15) is 11.9 Å². The lowest BCUT2D eigenvalue weighted by atomic mass is 9.90. The van der Waals surface area contributed by atoms with Crippen LogP contribution in [-0.4, -0.2) is 61.3 Å². The Kier molecular flexibility index (Phi) is 3.72. The van der Waals surface area contributed by atoms with Crippen LogP contribution in [0.1, 0.15) is 25.7 Å².